The zero-order chi connectivity index (χ0) is 16.6. The van der Waals surface area contributed by atoms with E-state index in [1.165, 1.54) is 7.11 Å². The molecule has 0 aromatic carbocycles. The van der Waals surface area contributed by atoms with Gasteiger partial charge < -0.3 is 14.2 Å². The van der Waals surface area contributed by atoms with Crippen molar-refractivity contribution in [2.24, 2.45) is 5.92 Å². The lowest BCUT2D eigenvalue weighted by molar-refractivity contribution is -0.174. The molecule has 0 unspecified atom stereocenters. The number of rotatable bonds is 5. The molecule has 0 spiro atoms. The van der Waals surface area contributed by atoms with Crippen LogP contribution in [0.2, 0.25) is 19.6 Å². The second-order valence-corrected chi connectivity index (χ2v) is 10.2. The van der Waals surface area contributed by atoms with Gasteiger partial charge in [-0.1, -0.05) is 19.6 Å². The second-order valence-electron chi connectivity index (χ2n) is 5.44. The van der Waals surface area contributed by atoms with E-state index in [1.54, 1.807) is 0 Å². The number of hydrogen-bond donors (Lipinski definition) is 0. The topological polar surface area (TPSA) is 78.9 Å². The minimum atomic E-state index is -1.61. The standard InChI is InChI=1S/C14H22O6Si/c1-10(15)20-12(14(17)19-3)11(13(16)18-2)8-7-9-21(4,5)6/h11-12H,8H2,1-6H3/t11-,12+/m0/s1. The van der Waals surface area contributed by atoms with Crippen LogP contribution in [0.4, 0.5) is 0 Å². The normalized spacial score (nSPS) is 13.2. The van der Waals surface area contributed by atoms with E-state index in [1.807, 2.05) is 0 Å². The fourth-order valence-corrected chi connectivity index (χ4v) is 2.11. The van der Waals surface area contributed by atoms with Crippen molar-refractivity contribution in [3.05, 3.63) is 0 Å². The monoisotopic (exact) mass is 314 g/mol. The predicted molar refractivity (Wildman–Crippen MR) is 78.8 cm³/mol. The molecule has 7 heteroatoms. The lowest BCUT2D eigenvalue weighted by atomic mass is 9.99. The van der Waals surface area contributed by atoms with Crippen LogP contribution in [0, 0.1) is 17.4 Å². The van der Waals surface area contributed by atoms with Gasteiger partial charge in [-0.05, 0) is 0 Å². The molecule has 0 saturated heterocycles. The first kappa shape index (κ1) is 19.2. The Labute approximate surface area is 126 Å². The average Bonchev–Trinajstić information content (AvgIpc) is 2.38. The van der Waals surface area contributed by atoms with Crippen LogP contribution < -0.4 is 0 Å². The zero-order valence-electron chi connectivity index (χ0n) is 13.3. The molecule has 0 aliphatic carbocycles. The van der Waals surface area contributed by atoms with E-state index >= 15 is 0 Å². The van der Waals surface area contributed by atoms with Crippen molar-refractivity contribution < 1.29 is 28.6 Å². The summed E-state index contributed by atoms with van der Waals surface area (Å²) in [6, 6.07) is 0. The summed E-state index contributed by atoms with van der Waals surface area (Å²) in [7, 11) is 0.743. The Morgan fingerprint density at radius 2 is 1.57 bits per heavy atom. The van der Waals surface area contributed by atoms with Gasteiger partial charge in [-0.15, -0.1) is 11.5 Å². The van der Waals surface area contributed by atoms with Crippen molar-refractivity contribution in [3.63, 3.8) is 0 Å². The molecule has 6 nitrogen and oxygen atoms in total. The van der Waals surface area contributed by atoms with Crippen LogP contribution in [0.5, 0.6) is 0 Å². The van der Waals surface area contributed by atoms with Gasteiger partial charge in [-0.3, -0.25) is 9.59 Å². The molecule has 0 rings (SSSR count). The van der Waals surface area contributed by atoms with Gasteiger partial charge in [0, 0.05) is 13.3 Å². The number of methoxy groups -OCH3 is 2. The SMILES string of the molecule is COC(=O)[C@@H](CC#C[Si](C)(C)C)[C@@H](OC(C)=O)C(=O)OC. The maximum atomic E-state index is 11.8. The Morgan fingerprint density at radius 1 is 1.05 bits per heavy atom. The lowest BCUT2D eigenvalue weighted by Crippen LogP contribution is -2.39. The molecule has 2 atom stereocenters. The quantitative estimate of drug-likeness (QED) is 0.328. The Balaban J connectivity index is 5.31. The van der Waals surface area contributed by atoms with Crippen LogP contribution >= 0.6 is 0 Å². The third kappa shape index (κ3) is 7.51. The van der Waals surface area contributed by atoms with E-state index < -0.39 is 38.0 Å². The van der Waals surface area contributed by atoms with Crippen LogP contribution in [-0.2, 0) is 28.6 Å². The summed E-state index contributed by atoms with van der Waals surface area (Å²) >= 11 is 0. The third-order valence-electron chi connectivity index (χ3n) is 2.38. The van der Waals surface area contributed by atoms with Crippen LogP contribution in [0.3, 0.4) is 0 Å². The van der Waals surface area contributed by atoms with Gasteiger partial charge in [-0.25, -0.2) is 4.79 Å². The van der Waals surface area contributed by atoms with Crippen LogP contribution in [0.15, 0.2) is 0 Å². The molecule has 0 aliphatic rings. The summed E-state index contributed by atoms with van der Waals surface area (Å²) < 4.78 is 14.1. The molecule has 0 radical (unpaired) electrons. The van der Waals surface area contributed by atoms with Crippen molar-refractivity contribution >= 4 is 26.0 Å². The third-order valence-corrected chi connectivity index (χ3v) is 3.31. The first-order chi connectivity index (χ1) is 9.62. The zero-order valence-corrected chi connectivity index (χ0v) is 14.3. The summed E-state index contributed by atoms with van der Waals surface area (Å²) in [6.45, 7) is 7.31. The summed E-state index contributed by atoms with van der Waals surface area (Å²) in [4.78, 5) is 34.7. The van der Waals surface area contributed by atoms with E-state index in [2.05, 4.69) is 40.6 Å². The number of hydrogen-bond acceptors (Lipinski definition) is 6. The second kappa shape index (κ2) is 8.47. The summed E-state index contributed by atoms with van der Waals surface area (Å²) in [6.07, 6.45) is -1.29. The number of ether oxygens (including phenoxy) is 3. The van der Waals surface area contributed by atoms with Gasteiger partial charge in [0.05, 0.1) is 14.2 Å². The maximum Gasteiger partial charge on any atom is 0.348 e. The molecule has 0 amide bonds. The van der Waals surface area contributed by atoms with E-state index in [9.17, 15) is 14.4 Å². The lowest BCUT2D eigenvalue weighted by Gasteiger charge is -2.21. The van der Waals surface area contributed by atoms with Gasteiger partial charge in [0.15, 0.2) is 0 Å². The highest BCUT2D eigenvalue weighted by atomic mass is 28.3. The van der Waals surface area contributed by atoms with Crippen LogP contribution in [0.25, 0.3) is 0 Å². The van der Waals surface area contributed by atoms with Gasteiger partial charge >= 0.3 is 17.9 Å². The minimum Gasteiger partial charge on any atom is -0.469 e. The van der Waals surface area contributed by atoms with Crippen molar-refractivity contribution in [1.82, 2.24) is 0 Å². The fourth-order valence-electron chi connectivity index (χ4n) is 1.48. The van der Waals surface area contributed by atoms with E-state index in [0.29, 0.717) is 0 Å². The molecule has 0 saturated carbocycles. The number of carbonyl (C=O) groups excluding carboxylic acids is 3. The average molecular weight is 314 g/mol. The molecular weight excluding hydrogens is 292 g/mol. The number of carbonyl (C=O) groups is 3. The van der Waals surface area contributed by atoms with Crippen molar-refractivity contribution in [1.29, 1.82) is 0 Å². The predicted octanol–water partition coefficient (Wildman–Crippen LogP) is 1.15. The molecule has 0 heterocycles. The Bertz CT molecular complexity index is 454. The minimum absolute atomic E-state index is 0.0595. The highest BCUT2D eigenvalue weighted by Gasteiger charge is 2.37. The van der Waals surface area contributed by atoms with Crippen LogP contribution in [0.1, 0.15) is 13.3 Å². The first-order valence-electron chi connectivity index (χ1n) is 6.45. The fraction of sp³-hybridized carbons (Fsp3) is 0.643. The molecule has 0 aromatic rings. The smallest absolute Gasteiger partial charge is 0.348 e. The van der Waals surface area contributed by atoms with Crippen molar-refractivity contribution in [2.75, 3.05) is 14.2 Å². The molecule has 0 aliphatic heterocycles. The maximum absolute atomic E-state index is 11.8. The summed E-state index contributed by atoms with van der Waals surface area (Å²) in [5.41, 5.74) is 3.08. The molecule has 21 heavy (non-hydrogen) atoms. The van der Waals surface area contributed by atoms with Crippen molar-refractivity contribution in [2.45, 2.75) is 39.1 Å². The highest BCUT2D eigenvalue weighted by Crippen LogP contribution is 2.16. The highest BCUT2D eigenvalue weighted by molar-refractivity contribution is 6.83. The Morgan fingerprint density at radius 3 is 1.95 bits per heavy atom. The Hall–Kier alpha value is -1.81. The molecule has 118 valence electrons. The molecule has 0 N–H and O–H groups in total. The Kier molecular flexibility index (Phi) is 7.74. The van der Waals surface area contributed by atoms with Gasteiger partial charge in [0.1, 0.15) is 14.0 Å². The van der Waals surface area contributed by atoms with E-state index in [4.69, 9.17) is 4.74 Å². The molecular formula is C14H22O6Si. The van der Waals surface area contributed by atoms with E-state index in [0.717, 1.165) is 14.0 Å². The molecule has 0 bridgehead atoms. The summed E-state index contributed by atoms with van der Waals surface area (Å²) in [5, 5.41) is 0. The van der Waals surface area contributed by atoms with Gasteiger partial charge in [0.2, 0.25) is 6.10 Å². The number of esters is 3. The van der Waals surface area contributed by atoms with Gasteiger partial charge in [-0.2, -0.15) is 0 Å². The van der Waals surface area contributed by atoms with Crippen LogP contribution in [-0.4, -0.2) is 46.3 Å². The van der Waals surface area contributed by atoms with Gasteiger partial charge in [0.25, 0.3) is 0 Å². The first-order valence-corrected chi connectivity index (χ1v) is 9.95. The molecule has 0 fully saturated rings. The van der Waals surface area contributed by atoms with Crippen molar-refractivity contribution in [3.8, 4) is 11.5 Å². The largest absolute Gasteiger partial charge is 0.469 e. The molecule has 0 aromatic heterocycles. The summed E-state index contributed by atoms with van der Waals surface area (Å²) in [5.74, 6) is -0.282. The van der Waals surface area contributed by atoms with E-state index in [-0.39, 0.29) is 6.42 Å².